The highest BCUT2D eigenvalue weighted by molar-refractivity contribution is 5.96. The number of hydrogen-bond donors (Lipinski definition) is 3. The van der Waals surface area contributed by atoms with Gasteiger partial charge in [-0.2, -0.15) is 0 Å². The van der Waals surface area contributed by atoms with Crippen molar-refractivity contribution in [1.82, 2.24) is 10.3 Å². The molecule has 0 saturated heterocycles. The molecule has 6 rings (SSSR count). The molecule has 0 aliphatic heterocycles. The molecule has 7 atom stereocenters. The van der Waals surface area contributed by atoms with Crippen LogP contribution in [-0.2, 0) is 25.6 Å². The van der Waals surface area contributed by atoms with Crippen molar-refractivity contribution in [3.8, 4) is 0 Å². The molecule has 1 aromatic heterocycles. The van der Waals surface area contributed by atoms with Crippen LogP contribution in [0.2, 0.25) is 0 Å². The normalized spacial score (nSPS) is 33.7. The monoisotopic (exact) mass is 573 g/mol. The summed E-state index contributed by atoms with van der Waals surface area (Å²) in [5, 5.41) is 17.6. The number of aliphatic carboxylic acids is 1. The van der Waals surface area contributed by atoms with Gasteiger partial charge in [-0.05, 0) is 105 Å². The molecule has 4 aliphatic rings. The van der Waals surface area contributed by atoms with Gasteiger partial charge in [0.15, 0.2) is 6.61 Å². The molecule has 2 aromatic rings. The lowest BCUT2D eigenvalue weighted by Gasteiger charge is -2.58. The molecule has 224 valence electrons. The van der Waals surface area contributed by atoms with E-state index in [1.165, 1.54) is 24.8 Å². The zero-order valence-corrected chi connectivity index (χ0v) is 24.9. The van der Waals surface area contributed by atoms with E-state index in [0.717, 1.165) is 54.3 Å². The number of Topliss-reactive ketones (excluding diaryl/α,β-unsaturated/α-hetero) is 1. The van der Waals surface area contributed by atoms with Crippen LogP contribution in [0.1, 0.15) is 77.7 Å². The molecule has 1 amide bonds. The van der Waals surface area contributed by atoms with Gasteiger partial charge in [0.2, 0.25) is 0 Å². The van der Waals surface area contributed by atoms with Crippen molar-refractivity contribution in [2.75, 3.05) is 6.61 Å². The Labute approximate surface area is 247 Å². The number of hydrogen-bond acceptors (Lipinski definition) is 5. The van der Waals surface area contributed by atoms with Crippen LogP contribution in [0.25, 0.3) is 10.9 Å². The van der Waals surface area contributed by atoms with Crippen molar-refractivity contribution in [3.05, 3.63) is 47.7 Å². The number of fused-ring (bicyclic) bond motifs is 6. The highest BCUT2D eigenvalue weighted by Gasteiger charge is 2.59. The van der Waals surface area contributed by atoms with E-state index in [-0.39, 0.29) is 29.8 Å². The number of nitrogens with zero attached hydrogens (tertiary/aromatic N) is 1. The third-order valence-corrected chi connectivity index (χ3v) is 11.6. The lowest BCUT2D eigenvalue weighted by molar-refractivity contribution is -0.142. The molecule has 42 heavy (non-hydrogen) atoms. The van der Waals surface area contributed by atoms with E-state index in [1.54, 1.807) is 13.1 Å². The van der Waals surface area contributed by atoms with Crippen molar-refractivity contribution < 1.29 is 24.3 Å². The summed E-state index contributed by atoms with van der Waals surface area (Å²) < 4.78 is 0. The van der Waals surface area contributed by atoms with Gasteiger partial charge >= 0.3 is 5.97 Å². The fourth-order valence-electron chi connectivity index (χ4n) is 9.44. The zero-order valence-electron chi connectivity index (χ0n) is 24.9. The van der Waals surface area contributed by atoms with Crippen LogP contribution in [0.5, 0.6) is 0 Å². The van der Waals surface area contributed by atoms with Gasteiger partial charge in [0.25, 0.3) is 5.91 Å². The molecule has 8 nitrogen and oxygen atoms in total. The summed E-state index contributed by atoms with van der Waals surface area (Å²) in [4.78, 5) is 45.5. The van der Waals surface area contributed by atoms with E-state index < -0.39 is 17.9 Å². The summed E-state index contributed by atoms with van der Waals surface area (Å²) >= 11 is 0. The summed E-state index contributed by atoms with van der Waals surface area (Å²) in [5.41, 5.74) is 4.36. The van der Waals surface area contributed by atoms with Gasteiger partial charge in [0, 0.05) is 29.4 Å². The molecule has 1 aromatic carbocycles. The van der Waals surface area contributed by atoms with Gasteiger partial charge in [-0.1, -0.05) is 42.8 Å². The number of ketones is 1. The summed E-state index contributed by atoms with van der Waals surface area (Å²) in [6.07, 6.45) is 12.7. The summed E-state index contributed by atoms with van der Waals surface area (Å²) in [5.74, 6) is 0.967. The fourth-order valence-corrected chi connectivity index (χ4v) is 9.44. The quantitative estimate of drug-likeness (QED) is 0.344. The van der Waals surface area contributed by atoms with Crippen LogP contribution < -0.4 is 5.32 Å². The first-order valence-corrected chi connectivity index (χ1v) is 15.6. The van der Waals surface area contributed by atoms with E-state index in [9.17, 15) is 19.5 Å². The van der Waals surface area contributed by atoms with Crippen LogP contribution in [0.3, 0.4) is 0 Å². The lowest BCUT2D eigenvalue weighted by Crippen LogP contribution is -2.51. The van der Waals surface area contributed by atoms with E-state index in [2.05, 4.69) is 35.4 Å². The minimum absolute atomic E-state index is 0.145. The fraction of sp³-hybridized carbons (Fsp3) is 0.588. The molecule has 0 bridgehead atoms. The Morgan fingerprint density at radius 3 is 2.69 bits per heavy atom. The van der Waals surface area contributed by atoms with Crippen LogP contribution in [-0.4, -0.2) is 46.1 Å². The molecule has 4 aliphatic carbocycles. The second kappa shape index (κ2) is 11.0. The number of benzene rings is 1. The van der Waals surface area contributed by atoms with E-state index >= 15 is 0 Å². The largest absolute Gasteiger partial charge is 0.480 e. The summed E-state index contributed by atoms with van der Waals surface area (Å²) in [6, 6.07) is 6.61. The maximum absolute atomic E-state index is 12.6. The third kappa shape index (κ3) is 4.96. The first kappa shape index (κ1) is 28.7. The number of aromatic amines is 1. The van der Waals surface area contributed by atoms with Gasteiger partial charge in [-0.3, -0.25) is 9.59 Å². The van der Waals surface area contributed by atoms with Gasteiger partial charge in [0.1, 0.15) is 11.8 Å². The number of oxime groups is 1. The molecule has 3 fully saturated rings. The Morgan fingerprint density at radius 1 is 1.10 bits per heavy atom. The molecule has 0 radical (unpaired) electrons. The molecule has 0 spiro atoms. The zero-order chi connectivity index (χ0) is 29.6. The van der Waals surface area contributed by atoms with Crippen LogP contribution in [0, 0.1) is 34.5 Å². The number of carboxylic acids is 1. The van der Waals surface area contributed by atoms with Crippen molar-refractivity contribution in [1.29, 1.82) is 0 Å². The number of carbonyl (C=O) groups excluding carboxylic acids is 2. The first-order valence-electron chi connectivity index (χ1n) is 15.6. The Hall–Kier alpha value is -3.42. The van der Waals surface area contributed by atoms with E-state index in [0.29, 0.717) is 23.5 Å². The smallest absolute Gasteiger partial charge is 0.326 e. The van der Waals surface area contributed by atoms with Crippen LogP contribution in [0.15, 0.2) is 47.3 Å². The van der Waals surface area contributed by atoms with Crippen molar-refractivity contribution >= 4 is 34.3 Å². The number of carboxylic acid groups (broad SMARTS) is 1. The molecular formula is C34H43N3O5. The number of para-hydroxylation sites is 1. The Kier molecular flexibility index (Phi) is 7.52. The molecule has 3 saturated carbocycles. The maximum atomic E-state index is 12.6. The Balaban J connectivity index is 1.06. The van der Waals surface area contributed by atoms with E-state index in [1.807, 2.05) is 24.3 Å². The average molecular weight is 574 g/mol. The standard InChI is InChI=1S/C34H43N3O5/c1-20(38)26-10-11-27-25-9-8-22-17-23(12-14-33(22,2)28(25)13-15-34(26,27)3)37-42-19-31(39)36-30(32(40)41)16-21-18-35-29-7-5-4-6-24(21)29/h4-7,17-18,25-28,30,35H,8-16,19H2,1-3H3,(H,36,39)(H,40,41)/t25?,26?,27?,28?,30?,33-,34+/m0/s1. The number of H-pyrrole nitrogens is 1. The van der Waals surface area contributed by atoms with Gasteiger partial charge < -0.3 is 20.2 Å². The highest BCUT2D eigenvalue weighted by Crippen LogP contribution is 2.66. The van der Waals surface area contributed by atoms with Crippen molar-refractivity contribution in [3.63, 3.8) is 0 Å². The SMILES string of the molecule is CC(=O)C1CCC2C3CCC4=CC(=NOCC(=O)NC(Cc5c[nH]c6ccccc56)C(=O)O)CC[C@]4(C)C3CC[C@]12C. The number of aromatic nitrogens is 1. The second-order valence-electron chi connectivity index (χ2n) is 13.7. The Morgan fingerprint density at radius 2 is 1.90 bits per heavy atom. The molecule has 5 unspecified atom stereocenters. The molecular weight excluding hydrogens is 530 g/mol. The highest BCUT2D eigenvalue weighted by atomic mass is 16.6. The van der Waals surface area contributed by atoms with Gasteiger partial charge in [-0.15, -0.1) is 0 Å². The number of allylic oxidation sites excluding steroid dienone is 2. The van der Waals surface area contributed by atoms with Crippen molar-refractivity contribution in [2.45, 2.75) is 84.6 Å². The first-order chi connectivity index (χ1) is 20.1. The van der Waals surface area contributed by atoms with Crippen LogP contribution >= 0.6 is 0 Å². The number of rotatable bonds is 8. The minimum Gasteiger partial charge on any atom is -0.480 e. The number of amides is 1. The number of carbonyl (C=O) groups is 3. The number of nitrogens with one attached hydrogen (secondary N) is 2. The topological polar surface area (TPSA) is 121 Å². The van der Waals surface area contributed by atoms with Gasteiger partial charge in [-0.25, -0.2) is 4.79 Å². The molecule has 3 N–H and O–H groups in total. The van der Waals surface area contributed by atoms with Gasteiger partial charge in [0.05, 0.1) is 5.71 Å². The van der Waals surface area contributed by atoms with Crippen LogP contribution in [0.4, 0.5) is 0 Å². The van der Waals surface area contributed by atoms with Crippen molar-refractivity contribution in [2.24, 2.45) is 39.7 Å². The second-order valence-corrected chi connectivity index (χ2v) is 13.7. The average Bonchev–Trinajstić information content (AvgIpc) is 3.53. The predicted octanol–water partition coefficient (Wildman–Crippen LogP) is 5.82. The maximum Gasteiger partial charge on any atom is 0.326 e. The lowest BCUT2D eigenvalue weighted by atomic mass is 9.46. The third-order valence-electron chi connectivity index (χ3n) is 11.6. The predicted molar refractivity (Wildman–Crippen MR) is 161 cm³/mol. The molecule has 1 heterocycles. The molecule has 8 heteroatoms. The Bertz CT molecular complexity index is 1460. The minimum atomic E-state index is -1.09. The summed E-state index contributed by atoms with van der Waals surface area (Å²) in [7, 11) is 0. The van der Waals surface area contributed by atoms with E-state index in [4.69, 9.17) is 4.84 Å². The summed E-state index contributed by atoms with van der Waals surface area (Å²) in [6.45, 7) is 6.28.